The van der Waals surface area contributed by atoms with E-state index in [0.717, 1.165) is 49.5 Å². The Hall–Kier alpha value is -3.51. The van der Waals surface area contributed by atoms with Gasteiger partial charge in [-0.2, -0.15) is 0 Å². The van der Waals surface area contributed by atoms with E-state index < -0.39 is 12.2 Å². The van der Waals surface area contributed by atoms with Gasteiger partial charge in [-0.15, -0.1) is 0 Å². The highest BCUT2D eigenvalue weighted by Crippen LogP contribution is 2.38. The van der Waals surface area contributed by atoms with Crippen molar-refractivity contribution < 1.29 is 14.2 Å². The molecule has 1 unspecified atom stereocenters. The zero-order valence-electron chi connectivity index (χ0n) is 21.5. The standard InChI is InChI=1S/C30H33FN4O3/c1-21(13-31)32-14-26(12-27-28(36)29(37)34-20-33-27)25-10-8-23(9-11-25)3-2-22-4-6-24(7-5-22)15-35-16-30(17-35)18-38-19-30/h4-11,20-21,26,32,36H,12-19H2,1H3,(H,33,34,37)/t21-,26?/m0/s1. The molecule has 3 aromatic rings. The average Bonchev–Trinajstić information content (AvgIpc) is 2.89. The van der Waals surface area contributed by atoms with Crippen LogP contribution < -0.4 is 10.9 Å². The zero-order valence-corrected chi connectivity index (χ0v) is 21.5. The monoisotopic (exact) mass is 516 g/mol. The summed E-state index contributed by atoms with van der Waals surface area (Å²) in [7, 11) is 0. The molecule has 0 saturated carbocycles. The largest absolute Gasteiger partial charge is 0.502 e. The van der Waals surface area contributed by atoms with Gasteiger partial charge in [-0.3, -0.25) is 9.69 Å². The van der Waals surface area contributed by atoms with Gasteiger partial charge in [0, 0.05) is 61.1 Å². The third-order valence-corrected chi connectivity index (χ3v) is 7.32. The summed E-state index contributed by atoms with van der Waals surface area (Å²) in [5.41, 5.74) is 4.29. The summed E-state index contributed by atoms with van der Waals surface area (Å²) in [6.45, 7) is 6.79. The number of aromatic amines is 1. The maximum atomic E-state index is 13.0. The fraction of sp³-hybridized carbons (Fsp3) is 0.400. The molecule has 198 valence electrons. The molecule has 7 nitrogen and oxygen atoms in total. The SMILES string of the molecule is C[C@@H](CF)NCC(Cc1nc[nH]c(=O)c1O)c1ccc(C#Cc2ccc(CN3CC4(COC4)C3)cc2)cc1. The van der Waals surface area contributed by atoms with Gasteiger partial charge in [0.2, 0.25) is 5.75 Å². The van der Waals surface area contributed by atoms with Crippen LogP contribution in [0.1, 0.15) is 40.8 Å². The van der Waals surface area contributed by atoms with E-state index in [1.807, 2.05) is 24.3 Å². The predicted octanol–water partition coefficient (Wildman–Crippen LogP) is 2.98. The number of rotatable bonds is 9. The number of nitrogens with one attached hydrogen (secondary N) is 2. The molecule has 2 fully saturated rings. The van der Waals surface area contributed by atoms with Gasteiger partial charge >= 0.3 is 0 Å². The number of aromatic hydroxyl groups is 1. The van der Waals surface area contributed by atoms with Gasteiger partial charge in [0.25, 0.3) is 5.56 Å². The second-order valence-electron chi connectivity index (χ2n) is 10.6. The predicted molar refractivity (Wildman–Crippen MR) is 144 cm³/mol. The number of ether oxygens (including phenoxy) is 1. The van der Waals surface area contributed by atoms with E-state index in [9.17, 15) is 14.3 Å². The van der Waals surface area contributed by atoms with Gasteiger partial charge in [0.1, 0.15) is 6.67 Å². The summed E-state index contributed by atoms with van der Waals surface area (Å²) < 4.78 is 18.4. The molecular formula is C30H33FN4O3. The highest BCUT2D eigenvalue weighted by atomic mass is 19.1. The lowest BCUT2D eigenvalue weighted by atomic mass is 9.78. The molecule has 2 aliphatic heterocycles. The van der Waals surface area contributed by atoms with E-state index in [0.29, 0.717) is 24.1 Å². The van der Waals surface area contributed by atoms with Gasteiger partial charge in [-0.05, 0) is 42.3 Å². The van der Waals surface area contributed by atoms with Crippen molar-refractivity contribution in [1.82, 2.24) is 20.2 Å². The molecule has 0 radical (unpaired) electrons. The third-order valence-electron chi connectivity index (χ3n) is 7.32. The lowest BCUT2D eigenvalue weighted by Crippen LogP contribution is -2.65. The van der Waals surface area contributed by atoms with Crippen molar-refractivity contribution in [3.8, 4) is 17.6 Å². The van der Waals surface area contributed by atoms with Crippen molar-refractivity contribution in [2.45, 2.75) is 31.8 Å². The average molecular weight is 517 g/mol. The fourth-order valence-electron chi connectivity index (χ4n) is 5.04. The quantitative estimate of drug-likeness (QED) is 0.379. The first-order valence-corrected chi connectivity index (χ1v) is 13.0. The minimum atomic E-state index is -0.574. The first kappa shape index (κ1) is 26.1. The molecule has 5 rings (SSSR count). The van der Waals surface area contributed by atoms with Gasteiger partial charge in [-0.1, -0.05) is 36.1 Å². The second-order valence-corrected chi connectivity index (χ2v) is 10.6. The Balaban J connectivity index is 1.22. The van der Waals surface area contributed by atoms with Crippen LogP contribution >= 0.6 is 0 Å². The van der Waals surface area contributed by atoms with Crippen molar-refractivity contribution in [3.63, 3.8) is 0 Å². The fourth-order valence-corrected chi connectivity index (χ4v) is 5.04. The highest BCUT2D eigenvalue weighted by molar-refractivity contribution is 5.44. The summed E-state index contributed by atoms with van der Waals surface area (Å²) >= 11 is 0. The Kier molecular flexibility index (Phi) is 7.89. The van der Waals surface area contributed by atoms with Crippen LogP contribution in [0.15, 0.2) is 59.7 Å². The molecule has 3 N–H and O–H groups in total. The van der Waals surface area contributed by atoms with Gasteiger partial charge < -0.3 is 20.1 Å². The number of aromatic nitrogens is 2. The van der Waals surface area contributed by atoms with E-state index in [-0.39, 0.29) is 17.7 Å². The minimum Gasteiger partial charge on any atom is -0.502 e. The van der Waals surface area contributed by atoms with Crippen LogP contribution in [0.3, 0.4) is 0 Å². The van der Waals surface area contributed by atoms with Gasteiger partial charge in [-0.25, -0.2) is 9.37 Å². The lowest BCUT2D eigenvalue weighted by molar-refractivity contribution is -0.191. The Morgan fingerprint density at radius 3 is 2.39 bits per heavy atom. The molecule has 2 saturated heterocycles. The molecule has 0 bridgehead atoms. The number of alkyl halides is 1. The van der Waals surface area contributed by atoms with Crippen LogP contribution in [0.2, 0.25) is 0 Å². The number of likely N-dealkylation sites (tertiary alicyclic amines) is 1. The van der Waals surface area contributed by atoms with Gasteiger partial charge in [0.15, 0.2) is 0 Å². The van der Waals surface area contributed by atoms with E-state index in [2.05, 4.69) is 56.3 Å². The molecule has 2 atom stereocenters. The molecule has 3 heterocycles. The smallest absolute Gasteiger partial charge is 0.293 e. The number of hydrogen-bond acceptors (Lipinski definition) is 6. The van der Waals surface area contributed by atoms with Gasteiger partial charge in [0.05, 0.1) is 25.2 Å². The Bertz CT molecular complexity index is 1350. The molecular weight excluding hydrogens is 483 g/mol. The minimum absolute atomic E-state index is 0.114. The number of nitrogens with zero attached hydrogens (tertiary/aromatic N) is 2. The molecule has 1 spiro atoms. The molecule has 38 heavy (non-hydrogen) atoms. The van der Waals surface area contributed by atoms with Crippen molar-refractivity contribution in [1.29, 1.82) is 0 Å². The second kappa shape index (κ2) is 11.5. The van der Waals surface area contributed by atoms with Crippen molar-refractivity contribution in [2.75, 3.05) is 39.5 Å². The topological polar surface area (TPSA) is 90.5 Å². The maximum absolute atomic E-state index is 13.0. The molecule has 0 amide bonds. The molecule has 2 aromatic carbocycles. The normalized spacial score (nSPS) is 17.6. The number of hydrogen-bond donors (Lipinski definition) is 3. The number of H-pyrrole nitrogens is 1. The summed E-state index contributed by atoms with van der Waals surface area (Å²) in [4.78, 5) is 20.8. The summed E-state index contributed by atoms with van der Waals surface area (Å²) in [5.74, 6) is 5.96. The Labute approximate surface area is 222 Å². The van der Waals surface area contributed by atoms with Crippen LogP contribution in [-0.4, -0.2) is 65.5 Å². The first-order chi connectivity index (χ1) is 18.4. The Morgan fingerprint density at radius 1 is 1.13 bits per heavy atom. The molecule has 0 aliphatic carbocycles. The Morgan fingerprint density at radius 2 is 1.79 bits per heavy atom. The highest BCUT2D eigenvalue weighted by Gasteiger charge is 2.48. The van der Waals surface area contributed by atoms with Crippen LogP contribution in [0.4, 0.5) is 4.39 Å². The van der Waals surface area contributed by atoms with Crippen LogP contribution in [0, 0.1) is 17.3 Å². The van der Waals surface area contributed by atoms with Crippen LogP contribution in [-0.2, 0) is 17.7 Å². The van der Waals surface area contributed by atoms with E-state index in [1.54, 1.807) is 6.92 Å². The van der Waals surface area contributed by atoms with Crippen molar-refractivity contribution in [2.24, 2.45) is 5.41 Å². The summed E-state index contributed by atoms with van der Waals surface area (Å²) in [5, 5.41) is 13.3. The number of benzene rings is 2. The van der Waals surface area contributed by atoms with E-state index in [1.165, 1.54) is 11.9 Å². The molecule has 2 aliphatic rings. The van der Waals surface area contributed by atoms with E-state index >= 15 is 0 Å². The molecule has 8 heteroatoms. The summed E-state index contributed by atoms with van der Waals surface area (Å²) in [6, 6.07) is 16.0. The third kappa shape index (κ3) is 6.13. The zero-order chi connectivity index (χ0) is 26.5. The van der Waals surface area contributed by atoms with Crippen molar-refractivity contribution >= 4 is 0 Å². The molecule has 1 aromatic heterocycles. The van der Waals surface area contributed by atoms with Crippen LogP contribution in [0.5, 0.6) is 5.75 Å². The van der Waals surface area contributed by atoms with Crippen molar-refractivity contribution in [3.05, 3.63) is 93.2 Å². The first-order valence-electron chi connectivity index (χ1n) is 13.0. The lowest BCUT2D eigenvalue weighted by Gasteiger charge is -2.55. The number of halogens is 1. The summed E-state index contributed by atoms with van der Waals surface area (Å²) in [6.07, 6.45) is 1.62. The van der Waals surface area contributed by atoms with E-state index in [4.69, 9.17) is 4.74 Å². The van der Waals surface area contributed by atoms with Crippen LogP contribution in [0.25, 0.3) is 0 Å². The maximum Gasteiger partial charge on any atom is 0.293 e.